The van der Waals surface area contributed by atoms with E-state index in [1.165, 1.54) is 42.9 Å². The van der Waals surface area contributed by atoms with Gasteiger partial charge < -0.3 is 34.3 Å². The number of morpholine rings is 1. The first-order chi connectivity index (χ1) is 33.8. The average molecular weight is 970 g/mol. The molecule has 2 aromatic heterocycles. The number of nitro benzene ring substituents is 1. The highest BCUT2D eigenvalue weighted by Crippen LogP contribution is 2.55. The van der Waals surface area contributed by atoms with Crippen LogP contribution in [0.25, 0.3) is 16.6 Å². The number of aromatic amines is 1. The number of likely N-dealkylation sites (tertiary alicyclic amines) is 2. The number of nitrogens with one attached hydrogen (secondary N) is 3. The SMILES string of the molecule is C=C(C)c1ccccc1[C@@H]1CCCN1C1CC2(CCN(c3ccc(C(=O)NS(=O)(=O)c4cc5c(c([N+](=O)[O-])c4)N[C@@H](CN4C[C@@H]6C[C@H]4CO6)CO5)c(N4C[C@@H](C)Oc5nc6[nH]ccc6cc54)c3)CC2)C1. The standard InChI is InChI=1S/C52H59N9O8S/c1-31(2)40-7-4-5-8-41(40)43-9-6-16-59(43)37-24-52(25-37)13-17-57(18-14-52)35-10-11-42(44(21-35)60-26-32(3)69-51-46(60)19-33-12-15-53-49(33)55-51)50(62)56-70(65,66)39-22-45(61(63)64)48-47(23-39)68-29-34(54-48)27-58-28-38-20-36(58)30-67-38/h4-5,7-8,10-12,15,19,21-23,32,34,36-38,43,54H,1,6,9,13-14,16-18,20,24-30H2,2-3H3,(H,53,55)(H,56,62)/t32-,34+,36+,38+,43+/m1/s1. The Morgan fingerprint density at radius 3 is 2.60 bits per heavy atom. The Bertz CT molecular complexity index is 3040. The maximum absolute atomic E-state index is 14.6. The zero-order chi connectivity index (χ0) is 48.1. The van der Waals surface area contributed by atoms with E-state index in [4.69, 9.17) is 19.2 Å². The number of rotatable bonds is 11. The third kappa shape index (κ3) is 8.01. The zero-order valence-electron chi connectivity index (χ0n) is 39.6. The Hall–Kier alpha value is -6.21. The number of fused-ring (bicyclic) bond motifs is 5. The number of pyridine rings is 1. The van der Waals surface area contributed by atoms with E-state index in [1.807, 2.05) is 36.1 Å². The smallest absolute Gasteiger partial charge is 0.297 e. The average Bonchev–Trinajstić information content (AvgIpc) is 4.18. The molecule has 1 amide bonds. The molecular formula is C52H59N9O8S. The number of piperidine rings is 1. The predicted molar refractivity (Wildman–Crippen MR) is 267 cm³/mol. The molecule has 8 heterocycles. The molecule has 366 valence electrons. The summed E-state index contributed by atoms with van der Waals surface area (Å²) in [7, 11) is -4.66. The van der Waals surface area contributed by atoms with Crippen LogP contribution in [-0.4, -0.2) is 122 Å². The number of sulfonamides is 1. The number of ether oxygens (including phenoxy) is 3. The van der Waals surface area contributed by atoms with E-state index in [9.17, 15) is 23.3 Å². The van der Waals surface area contributed by atoms with E-state index in [-0.39, 0.29) is 47.3 Å². The summed E-state index contributed by atoms with van der Waals surface area (Å²) in [5.41, 5.74) is 6.54. The molecule has 3 aromatic carbocycles. The lowest BCUT2D eigenvalue weighted by Crippen LogP contribution is -2.55. The van der Waals surface area contributed by atoms with Gasteiger partial charge in [0.15, 0.2) is 11.4 Å². The van der Waals surface area contributed by atoms with Crippen molar-refractivity contribution in [3.05, 3.63) is 106 Å². The van der Waals surface area contributed by atoms with E-state index >= 15 is 0 Å². The van der Waals surface area contributed by atoms with Crippen molar-refractivity contribution in [3.63, 3.8) is 0 Å². The molecule has 70 heavy (non-hydrogen) atoms. The van der Waals surface area contributed by atoms with Crippen LogP contribution < -0.4 is 29.3 Å². The zero-order valence-corrected chi connectivity index (χ0v) is 40.4. The van der Waals surface area contributed by atoms with Gasteiger partial charge in [-0.05, 0) is 112 Å². The largest absolute Gasteiger partial charge is 0.489 e. The minimum atomic E-state index is -4.66. The first-order valence-electron chi connectivity index (χ1n) is 24.7. The van der Waals surface area contributed by atoms with Crippen molar-refractivity contribution in [2.45, 2.75) is 100 Å². The van der Waals surface area contributed by atoms with Crippen molar-refractivity contribution in [1.82, 2.24) is 24.5 Å². The van der Waals surface area contributed by atoms with Gasteiger partial charge in [0.05, 0.1) is 46.4 Å². The quantitative estimate of drug-likeness (QED) is 0.0860. The molecule has 1 spiro atoms. The maximum atomic E-state index is 14.6. The Morgan fingerprint density at radius 1 is 1.00 bits per heavy atom. The monoisotopic (exact) mass is 969 g/mol. The number of carbonyl (C=O) groups is 1. The number of nitro groups is 1. The summed E-state index contributed by atoms with van der Waals surface area (Å²) in [5, 5.41) is 16.6. The summed E-state index contributed by atoms with van der Waals surface area (Å²) < 4.78 is 48.7. The minimum Gasteiger partial charge on any atom is -0.489 e. The summed E-state index contributed by atoms with van der Waals surface area (Å²) >= 11 is 0. The van der Waals surface area contributed by atoms with E-state index in [1.54, 1.807) is 12.3 Å². The Kier molecular flexibility index (Phi) is 11.1. The highest BCUT2D eigenvalue weighted by Gasteiger charge is 2.50. The van der Waals surface area contributed by atoms with Crippen LogP contribution >= 0.6 is 0 Å². The Balaban J connectivity index is 0.799. The molecule has 6 aliphatic heterocycles. The van der Waals surface area contributed by atoms with Crippen molar-refractivity contribution in [2.24, 2.45) is 5.41 Å². The molecule has 2 bridgehead atoms. The predicted octanol–water partition coefficient (Wildman–Crippen LogP) is 7.77. The molecule has 4 saturated heterocycles. The molecule has 5 aromatic rings. The van der Waals surface area contributed by atoms with E-state index in [0.717, 1.165) is 68.2 Å². The number of allylic oxidation sites excluding steroid dienone is 1. The number of nitrogens with zero attached hydrogens (tertiary/aromatic N) is 6. The number of hydrogen-bond acceptors (Lipinski definition) is 14. The van der Waals surface area contributed by atoms with Crippen molar-refractivity contribution >= 4 is 61.0 Å². The maximum Gasteiger partial charge on any atom is 0.297 e. The molecule has 17 nitrogen and oxygen atoms in total. The van der Waals surface area contributed by atoms with E-state index in [0.29, 0.717) is 60.7 Å². The van der Waals surface area contributed by atoms with Crippen molar-refractivity contribution in [1.29, 1.82) is 0 Å². The second-order valence-corrected chi connectivity index (χ2v) is 22.4. The summed E-state index contributed by atoms with van der Waals surface area (Å²) in [4.78, 5) is 43.3. The molecule has 5 atom stereocenters. The summed E-state index contributed by atoms with van der Waals surface area (Å²) in [5.74, 6) is -0.465. The number of amides is 1. The first-order valence-corrected chi connectivity index (χ1v) is 26.2. The topological polar surface area (TPSA) is 188 Å². The molecule has 1 aliphatic carbocycles. The molecule has 5 fully saturated rings. The van der Waals surface area contributed by atoms with Crippen LogP contribution in [0.3, 0.4) is 0 Å². The van der Waals surface area contributed by atoms with Gasteiger partial charge >= 0.3 is 0 Å². The number of hydrogen-bond donors (Lipinski definition) is 3. The lowest BCUT2D eigenvalue weighted by molar-refractivity contribution is -0.384. The fraction of sp³-hybridized carbons (Fsp3) is 0.462. The van der Waals surface area contributed by atoms with Gasteiger partial charge in [0.2, 0.25) is 5.88 Å². The number of benzene rings is 3. The van der Waals surface area contributed by atoms with Crippen molar-refractivity contribution in [2.75, 3.05) is 67.6 Å². The lowest BCUT2D eigenvalue weighted by Gasteiger charge is -2.56. The molecule has 0 radical (unpaired) electrons. The molecule has 12 rings (SSSR count). The molecule has 1 saturated carbocycles. The highest BCUT2D eigenvalue weighted by atomic mass is 32.2. The van der Waals surface area contributed by atoms with Gasteiger partial charge in [0.25, 0.3) is 21.6 Å². The Morgan fingerprint density at radius 2 is 1.83 bits per heavy atom. The Labute approximate surface area is 407 Å². The lowest BCUT2D eigenvalue weighted by atomic mass is 9.59. The third-order valence-corrected chi connectivity index (χ3v) is 17.5. The van der Waals surface area contributed by atoms with Gasteiger partial charge in [-0.25, -0.2) is 13.1 Å². The second kappa shape index (κ2) is 17.3. The number of carbonyl (C=O) groups excluding carboxylic acids is 1. The van der Waals surface area contributed by atoms with Crippen molar-refractivity contribution < 1.29 is 32.3 Å². The second-order valence-electron chi connectivity index (χ2n) is 20.7. The van der Waals surface area contributed by atoms with Crippen LogP contribution in [0.15, 0.2) is 84.4 Å². The van der Waals surface area contributed by atoms with Gasteiger partial charge in [-0.1, -0.05) is 36.4 Å². The molecule has 3 N–H and O–H groups in total. The molecule has 0 unspecified atom stereocenters. The van der Waals surface area contributed by atoms with Crippen LogP contribution in [0.4, 0.5) is 28.4 Å². The van der Waals surface area contributed by atoms with Gasteiger partial charge in [-0.3, -0.25) is 24.7 Å². The fourth-order valence-electron chi connectivity index (χ4n) is 12.6. The molecular weight excluding hydrogens is 911 g/mol. The summed E-state index contributed by atoms with van der Waals surface area (Å²) in [6.45, 7) is 13.7. The van der Waals surface area contributed by atoms with Crippen LogP contribution in [-0.2, 0) is 14.8 Å². The van der Waals surface area contributed by atoms with Crippen molar-refractivity contribution in [3.8, 4) is 11.6 Å². The van der Waals surface area contributed by atoms with Crippen LogP contribution in [0.5, 0.6) is 11.6 Å². The fourth-order valence-corrected chi connectivity index (χ4v) is 13.6. The number of aromatic nitrogens is 2. The van der Waals surface area contributed by atoms with Gasteiger partial charge in [-0.15, -0.1) is 0 Å². The third-order valence-electron chi connectivity index (χ3n) is 16.2. The van der Waals surface area contributed by atoms with Crippen LogP contribution in [0, 0.1) is 15.5 Å². The minimum absolute atomic E-state index is 0.0300. The van der Waals surface area contributed by atoms with Gasteiger partial charge in [-0.2, -0.15) is 4.98 Å². The van der Waals surface area contributed by atoms with Gasteiger partial charge in [0, 0.05) is 73.7 Å². The molecule has 18 heteroatoms. The van der Waals surface area contributed by atoms with Crippen LogP contribution in [0.2, 0.25) is 0 Å². The summed E-state index contributed by atoms with van der Waals surface area (Å²) in [6.07, 6.45) is 9.47. The first kappa shape index (κ1) is 45.0. The van der Waals surface area contributed by atoms with E-state index in [2.05, 4.69) is 67.5 Å². The highest BCUT2D eigenvalue weighted by molar-refractivity contribution is 7.90. The van der Waals surface area contributed by atoms with Crippen LogP contribution in [0.1, 0.15) is 86.3 Å². The summed E-state index contributed by atoms with van der Waals surface area (Å²) in [6, 6.07) is 21.4. The molecule has 7 aliphatic rings. The van der Waals surface area contributed by atoms with E-state index < -0.39 is 31.4 Å². The number of H-pyrrole nitrogens is 1. The normalized spacial score (nSPS) is 25.2. The number of anilines is 4. The van der Waals surface area contributed by atoms with Gasteiger partial charge in [0.1, 0.15) is 24.0 Å².